The van der Waals surface area contributed by atoms with Crippen LogP contribution in [0.2, 0.25) is 0 Å². The van der Waals surface area contributed by atoms with Crippen molar-refractivity contribution in [2.24, 2.45) is 0 Å². The van der Waals surface area contributed by atoms with Gasteiger partial charge in [-0.1, -0.05) is 48.5 Å². The third kappa shape index (κ3) is 8.49. The summed E-state index contributed by atoms with van der Waals surface area (Å²) in [5.74, 6) is -0.812. The van der Waals surface area contributed by atoms with E-state index in [1.807, 2.05) is 94.5 Å². The average molecular weight is 803 g/mol. The van der Waals surface area contributed by atoms with Gasteiger partial charge in [0, 0.05) is 86.8 Å². The van der Waals surface area contributed by atoms with Crippen molar-refractivity contribution in [2.75, 3.05) is 45.8 Å². The predicted octanol–water partition coefficient (Wildman–Crippen LogP) is 8.18. The van der Waals surface area contributed by atoms with Gasteiger partial charge in [-0.25, -0.2) is 4.98 Å². The Morgan fingerprint density at radius 2 is 1.28 bits per heavy atom. The minimum absolute atomic E-state index is 0.0164. The smallest absolute Gasteiger partial charge is 0.339 e. The van der Waals surface area contributed by atoms with Gasteiger partial charge in [0.05, 0.1) is 23.0 Å². The molecule has 8 rings (SSSR count). The summed E-state index contributed by atoms with van der Waals surface area (Å²) in [6, 6.07) is 24.1. The summed E-state index contributed by atoms with van der Waals surface area (Å²) in [5, 5.41) is 0. The molecule has 58 heavy (non-hydrogen) atoms. The zero-order valence-corrected chi connectivity index (χ0v) is 31.8. The molecule has 0 saturated carbocycles. The van der Waals surface area contributed by atoms with Crippen molar-refractivity contribution in [1.82, 2.24) is 29.0 Å². The maximum Gasteiger partial charge on any atom is 0.416 e. The lowest BCUT2D eigenvalue weighted by Crippen LogP contribution is -2.58. The van der Waals surface area contributed by atoms with Crippen LogP contribution in [-0.2, 0) is 18.8 Å². The number of pyridine rings is 1. The molecule has 2 aromatic heterocycles. The number of benzene rings is 3. The summed E-state index contributed by atoms with van der Waals surface area (Å²) in [5.41, 5.74) is 0.656. The highest BCUT2D eigenvalue weighted by molar-refractivity contribution is 5.96. The quantitative estimate of drug-likeness (QED) is 0.156. The molecule has 5 aromatic rings. The van der Waals surface area contributed by atoms with E-state index in [0.29, 0.717) is 56.1 Å². The number of carbonyl (C=O) groups is 2. The normalized spacial score (nSPS) is 20.4. The number of hydrogen-bond donors (Lipinski definition) is 0. The van der Waals surface area contributed by atoms with Gasteiger partial charge in [-0.2, -0.15) is 26.3 Å². The van der Waals surface area contributed by atoms with Crippen molar-refractivity contribution < 1.29 is 35.9 Å². The molecule has 3 aromatic carbocycles. The molecule has 2 unspecified atom stereocenters. The standard InChI is InChI=1S/C44H44F6N6O2/c45-43(46,47)34-25-33(26-35(27-34)44(48,49)50)42(58)55-18-14-37(28-38(55)23-30-7-2-1-3-8-30)53-21-19-52(20-22-53)36-12-16-54(17-13-36)41(57)32-10-6-9-31(24-32)39-29-51-40-11-4-5-15-56(39)40/h1-11,15,24-27,29,36-38H,12-14,16-23,28H2. The van der Waals surface area contributed by atoms with Gasteiger partial charge in [0.1, 0.15) is 5.65 Å². The molecule has 0 radical (unpaired) electrons. The number of alkyl halides is 6. The molecule has 0 spiro atoms. The van der Waals surface area contributed by atoms with Crippen LogP contribution in [0.5, 0.6) is 0 Å². The number of carbonyl (C=O) groups excluding carboxylic acids is 2. The van der Waals surface area contributed by atoms with E-state index in [1.165, 1.54) is 4.90 Å². The molecular weight excluding hydrogens is 759 g/mol. The number of piperidine rings is 2. The van der Waals surface area contributed by atoms with E-state index in [0.717, 1.165) is 61.5 Å². The summed E-state index contributed by atoms with van der Waals surface area (Å²) >= 11 is 0. The molecule has 2 atom stereocenters. The lowest BCUT2D eigenvalue weighted by atomic mass is 9.90. The van der Waals surface area contributed by atoms with Crippen molar-refractivity contribution in [1.29, 1.82) is 0 Å². The Bertz CT molecular complexity index is 2210. The Kier molecular flexibility index (Phi) is 11.1. The average Bonchev–Trinajstić information content (AvgIpc) is 3.67. The number of nitrogens with zero attached hydrogens (tertiary/aromatic N) is 6. The first-order valence-electron chi connectivity index (χ1n) is 19.8. The topological polar surface area (TPSA) is 64.4 Å². The first-order chi connectivity index (χ1) is 27.8. The molecule has 5 heterocycles. The third-order valence-electron chi connectivity index (χ3n) is 12.1. The fourth-order valence-corrected chi connectivity index (χ4v) is 8.99. The Morgan fingerprint density at radius 1 is 0.638 bits per heavy atom. The molecule has 3 saturated heterocycles. The number of likely N-dealkylation sites (tertiary alicyclic amines) is 2. The highest BCUT2D eigenvalue weighted by Crippen LogP contribution is 2.37. The molecule has 2 amide bonds. The van der Waals surface area contributed by atoms with Crippen LogP contribution >= 0.6 is 0 Å². The molecule has 3 aliphatic rings. The van der Waals surface area contributed by atoms with Crippen LogP contribution in [0, 0.1) is 0 Å². The first kappa shape index (κ1) is 39.6. The van der Waals surface area contributed by atoms with Gasteiger partial charge in [-0.3, -0.25) is 23.8 Å². The minimum Gasteiger partial charge on any atom is -0.339 e. The maximum absolute atomic E-state index is 13.9. The summed E-state index contributed by atoms with van der Waals surface area (Å²) < 4.78 is 84.2. The second-order valence-electron chi connectivity index (χ2n) is 15.6. The van der Waals surface area contributed by atoms with Crippen LogP contribution < -0.4 is 0 Å². The van der Waals surface area contributed by atoms with Gasteiger partial charge < -0.3 is 9.80 Å². The van der Waals surface area contributed by atoms with Crippen molar-refractivity contribution in [2.45, 2.75) is 62.6 Å². The highest BCUT2D eigenvalue weighted by Gasteiger charge is 2.41. The van der Waals surface area contributed by atoms with E-state index in [9.17, 15) is 35.9 Å². The monoisotopic (exact) mass is 802 g/mol. The molecule has 0 bridgehead atoms. The van der Waals surface area contributed by atoms with Crippen LogP contribution in [0.3, 0.4) is 0 Å². The molecule has 3 fully saturated rings. The van der Waals surface area contributed by atoms with Gasteiger partial charge in [0.25, 0.3) is 11.8 Å². The number of aromatic nitrogens is 2. The van der Waals surface area contributed by atoms with Crippen LogP contribution in [0.25, 0.3) is 16.9 Å². The van der Waals surface area contributed by atoms with Crippen LogP contribution in [0.4, 0.5) is 26.3 Å². The van der Waals surface area contributed by atoms with Crippen molar-refractivity contribution in [3.05, 3.63) is 131 Å². The highest BCUT2D eigenvalue weighted by atomic mass is 19.4. The number of halogens is 6. The number of imidazole rings is 1. The third-order valence-corrected chi connectivity index (χ3v) is 12.1. The summed E-state index contributed by atoms with van der Waals surface area (Å²) in [4.78, 5) is 40.3. The number of piperazine rings is 1. The van der Waals surface area contributed by atoms with Gasteiger partial charge in [0.15, 0.2) is 0 Å². The molecule has 0 aliphatic carbocycles. The number of hydrogen-bond acceptors (Lipinski definition) is 5. The van der Waals surface area contributed by atoms with E-state index in [-0.39, 0.29) is 24.6 Å². The number of fused-ring (bicyclic) bond motifs is 1. The molecule has 3 aliphatic heterocycles. The van der Waals surface area contributed by atoms with Crippen molar-refractivity contribution in [3.8, 4) is 11.3 Å². The molecule has 14 heteroatoms. The maximum atomic E-state index is 13.9. The number of rotatable bonds is 7. The Labute approximate surface area is 332 Å². The summed E-state index contributed by atoms with van der Waals surface area (Å²) in [6.45, 7) is 4.82. The number of amides is 2. The van der Waals surface area contributed by atoms with Crippen molar-refractivity contribution in [3.63, 3.8) is 0 Å². The fraction of sp³-hybridized carbons (Fsp3) is 0.386. The molecular formula is C44H44F6N6O2. The zero-order chi connectivity index (χ0) is 40.6. The van der Waals surface area contributed by atoms with Crippen LogP contribution in [-0.4, -0.2) is 105 Å². The van der Waals surface area contributed by atoms with E-state index in [1.54, 1.807) is 0 Å². The minimum atomic E-state index is -5.05. The summed E-state index contributed by atoms with van der Waals surface area (Å²) in [6.07, 6.45) is -3.06. The van der Waals surface area contributed by atoms with Gasteiger partial charge >= 0.3 is 12.4 Å². The first-order valence-corrected chi connectivity index (χ1v) is 19.8. The SMILES string of the molecule is O=C(c1cccc(-c2cnc3ccccn23)c1)N1CCC(N2CCN(C3CCN(C(=O)c4cc(C(F)(F)F)cc(C(F)(F)F)c4)C(Cc4ccccc4)C3)CC2)CC1. The van der Waals surface area contributed by atoms with Crippen molar-refractivity contribution >= 4 is 17.5 Å². The van der Waals surface area contributed by atoms with Gasteiger partial charge in [0.2, 0.25) is 0 Å². The second-order valence-corrected chi connectivity index (χ2v) is 15.6. The van der Waals surface area contributed by atoms with E-state index < -0.39 is 41.0 Å². The fourth-order valence-electron chi connectivity index (χ4n) is 8.99. The Balaban J connectivity index is 0.888. The summed E-state index contributed by atoms with van der Waals surface area (Å²) in [7, 11) is 0. The Hall–Kier alpha value is -5.21. The van der Waals surface area contributed by atoms with E-state index in [4.69, 9.17) is 0 Å². The predicted molar refractivity (Wildman–Crippen MR) is 207 cm³/mol. The molecule has 8 nitrogen and oxygen atoms in total. The zero-order valence-electron chi connectivity index (χ0n) is 31.8. The van der Waals surface area contributed by atoms with Gasteiger partial charge in [-0.15, -0.1) is 0 Å². The van der Waals surface area contributed by atoms with E-state index in [2.05, 4.69) is 14.8 Å². The molecule has 304 valence electrons. The second kappa shape index (κ2) is 16.2. The van der Waals surface area contributed by atoms with Crippen LogP contribution in [0.15, 0.2) is 103 Å². The molecule has 0 N–H and O–H groups in total. The van der Waals surface area contributed by atoms with E-state index >= 15 is 0 Å². The van der Waals surface area contributed by atoms with Gasteiger partial charge in [-0.05, 0) is 80.1 Å². The largest absolute Gasteiger partial charge is 0.416 e. The lowest BCUT2D eigenvalue weighted by Gasteiger charge is -2.48. The Morgan fingerprint density at radius 3 is 1.95 bits per heavy atom. The van der Waals surface area contributed by atoms with Crippen LogP contribution in [0.1, 0.15) is 63.1 Å². The lowest BCUT2D eigenvalue weighted by molar-refractivity contribution is -0.143.